The molecule has 1 fully saturated rings. The van der Waals surface area contributed by atoms with Gasteiger partial charge >= 0.3 is 6.09 Å². The number of nitrogens with two attached hydrogens (primary N) is 1. The number of aryl methyl sites for hydroxylation is 1. The third-order valence-corrected chi connectivity index (χ3v) is 5.22. The lowest BCUT2D eigenvalue weighted by atomic mass is 10.0. The first kappa shape index (κ1) is 22.8. The minimum atomic E-state index is -0.380. The van der Waals surface area contributed by atoms with Crippen LogP contribution in [0.1, 0.15) is 45.0 Å². The molecule has 31 heavy (non-hydrogen) atoms. The second-order valence-corrected chi connectivity index (χ2v) is 8.99. The molecular weight excluding hydrogens is 394 g/mol. The standard InChI is InChI=1S/C23H33N5O3/c1-16(21(25-11-10-24)31-23(3,4)5)14-27-12-8-18(9-13-27)28-15-19-20(30-22(28)29)7-6-17(2)26-19/h6-7,10-11,18H,1,8-9,12-15,24H2,2-5H3/b11-10-,25-21+. The SMILES string of the molecule is C=C(CN1CCC(N2Cc3nc(C)ccc3OC2=O)CC1)/C(=N\C=C/N)OC(C)(C)C. The van der Waals surface area contributed by atoms with Crippen LogP contribution < -0.4 is 10.5 Å². The summed E-state index contributed by atoms with van der Waals surface area (Å²) in [5.41, 5.74) is 7.60. The minimum Gasteiger partial charge on any atom is -0.472 e. The molecule has 8 heteroatoms. The Hall–Kier alpha value is -2.87. The summed E-state index contributed by atoms with van der Waals surface area (Å²) >= 11 is 0. The summed E-state index contributed by atoms with van der Waals surface area (Å²) in [5, 5.41) is 0. The van der Waals surface area contributed by atoms with Crippen molar-refractivity contribution in [3.8, 4) is 5.75 Å². The molecule has 0 bridgehead atoms. The molecule has 0 aromatic carbocycles. The average molecular weight is 428 g/mol. The van der Waals surface area contributed by atoms with Gasteiger partial charge in [0.15, 0.2) is 5.75 Å². The van der Waals surface area contributed by atoms with E-state index in [1.165, 1.54) is 12.4 Å². The van der Waals surface area contributed by atoms with Crippen molar-refractivity contribution in [1.29, 1.82) is 0 Å². The Morgan fingerprint density at radius 1 is 1.39 bits per heavy atom. The molecule has 1 aromatic rings. The van der Waals surface area contributed by atoms with Crippen LogP contribution in [0.4, 0.5) is 4.79 Å². The molecule has 168 valence electrons. The van der Waals surface area contributed by atoms with Crippen molar-refractivity contribution in [3.05, 3.63) is 48.1 Å². The summed E-state index contributed by atoms with van der Waals surface area (Å²) < 4.78 is 11.5. The fourth-order valence-electron chi connectivity index (χ4n) is 3.78. The van der Waals surface area contributed by atoms with Crippen molar-refractivity contribution in [1.82, 2.24) is 14.8 Å². The summed E-state index contributed by atoms with van der Waals surface area (Å²) in [7, 11) is 0. The van der Waals surface area contributed by atoms with E-state index < -0.39 is 0 Å². The monoisotopic (exact) mass is 427 g/mol. The second kappa shape index (κ2) is 9.51. The third-order valence-electron chi connectivity index (χ3n) is 5.22. The zero-order valence-corrected chi connectivity index (χ0v) is 18.9. The molecule has 0 saturated carbocycles. The molecule has 0 unspecified atom stereocenters. The lowest BCUT2D eigenvalue weighted by Gasteiger charge is -2.39. The largest absolute Gasteiger partial charge is 0.472 e. The summed E-state index contributed by atoms with van der Waals surface area (Å²) in [5.74, 6) is 1.06. The molecule has 2 N–H and O–H groups in total. The zero-order chi connectivity index (χ0) is 22.6. The van der Waals surface area contributed by atoms with Crippen molar-refractivity contribution in [2.75, 3.05) is 19.6 Å². The number of nitrogens with zero attached hydrogens (tertiary/aromatic N) is 4. The van der Waals surface area contributed by atoms with E-state index in [1.807, 2.05) is 44.7 Å². The van der Waals surface area contributed by atoms with Gasteiger partial charge in [-0.05, 0) is 52.7 Å². The number of fused-ring (bicyclic) bond motifs is 1. The van der Waals surface area contributed by atoms with Gasteiger partial charge in [-0.15, -0.1) is 0 Å². The van der Waals surface area contributed by atoms with Crippen molar-refractivity contribution in [2.45, 2.75) is 58.7 Å². The van der Waals surface area contributed by atoms with Gasteiger partial charge in [-0.2, -0.15) is 0 Å². The number of rotatable bonds is 5. The van der Waals surface area contributed by atoms with Crippen LogP contribution in [0.3, 0.4) is 0 Å². The first-order chi connectivity index (χ1) is 14.7. The Balaban J connectivity index is 1.58. The quantitative estimate of drug-likeness (QED) is 0.572. The number of amides is 1. The van der Waals surface area contributed by atoms with Gasteiger partial charge in [0.1, 0.15) is 11.3 Å². The predicted octanol–water partition coefficient (Wildman–Crippen LogP) is 3.37. The van der Waals surface area contributed by atoms with Crippen molar-refractivity contribution >= 4 is 12.0 Å². The molecule has 1 aromatic heterocycles. The number of ether oxygens (including phenoxy) is 2. The van der Waals surface area contributed by atoms with E-state index in [4.69, 9.17) is 15.2 Å². The highest BCUT2D eigenvalue weighted by Crippen LogP contribution is 2.29. The number of hydrogen-bond donors (Lipinski definition) is 1. The van der Waals surface area contributed by atoms with Crippen LogP contribution in [0.5, 0.6) is 5.75 Å². The van der Waals surface area contributed by atoms with Crippen LogP contribution >= 0.6 is 0 Å². The van der Waals surface area contributed by atoms with E-state index in [2.05, 4.69) is 21.5 Å². The Morgan fingerprint density at radius 3 is 2.74 bits per heavy atom. The second-order valence-electron chi connectivity index (χ2n) is 8.99. The molecule has 0 atom stereocenters. The molecule has 2 aliphatic rings. The Kier molecular flexibility index (Phi) is 7.00. The van der Waals surface area contributed by atoms with E-state index in [-0.39, 0.29) is 17.7 Å². The number of piperidine rings is 1. The summed E-state index contributed by atoms with van der Waals surface area (Å²) in [6, 6.07) is 3.81. The van der Waals surface area contributed by atoms with Crippen LogP contribution in [0.25, 0.3) is 0 Å². The molecule has 0 aliphatic carbocycles. The number of likely N-dealkylation sites (tertiary alicyclic amines) is 1. The summed E-state index contributed by atoms with van der Waals surface area (Å²) in [6.45, 7) is 14.9. The number of pyridine rings is 1. The maximum Gasteiger partial charge on any atom is 0.415 e. The molecule has 1 saturated heterocycles. The number of aromatic nitrogens is 1. The number of aliphatic imine (C=N–C) groups is 1. The van der Waals surface area contributed by atoms with Crippen LogP contribution in [-0.2, 0) is 11.3 Å². The fourth-order valence-corrected chi connectivity index (χ4v) is 3.78. The van der Waals surface area contributed by atoms with Gasteiger partial charge in [0.2, 0.25) is 5.90 Å². The Morgan fingerprint density at radius 2 is 2.10 bits per heavy atom. The highest BCUT2D eigenvalue weighted by atomic mass is 16.6. The van der Waals surface area contributed by atoms with Gasteiger partial charge in [-0.25, -0.2) is 9.79 Å². The number of hydrogen-bond acceptors (Lipinski definition) is 7. The normalized spacial score (nSPS) is 18.8. The van der Waals surface area contributed by atoms with Crippen molar-refractivity contribution in [2.24, 2.45) is 10.7 Å². The van der Waals surface area contributed by atoms with Gasteiger partial charge in [0, 0.05) is 49.3 Å². The first-order valence-electron chi connectivity index (χ1n) is 10.7. The average Bonchev–Trinajstić information content (AvgIpc) is 2.70. The minimum absolute atomic E-state index is 0.131. The smallest absolute Gasteiger partial charge is 0.415 e. The van der Waals surface area contributed by atoms with Gasteiger partial charge in [-0.1, -0.05) is 6.58 Å². The molecule has 3 heterocycles. The zero-order valence-electron chi connectivity index (χ0n) is 18.9. The predicted molar refractivity (Wildman–Crippen MR) is 121 cm³/mol. The molecule has 2 aliphatic heterocycles. The molecular formula is C23H33N5O3. The maximum atomic E-state index is 12.5. The summed E-state index contributed by atoms with van der Waals surface area (Å²) in [4.78, 5) is 25.5. The maximum absolute atomic E-state index is 12.5. The first-order valence-corrected chi connectivity index (χ1v) is 10.7. The fraction of sp³-hybridized carbons (Fsp3) is 0.522. The molecule has 8 nitrogen and oxygen atoms in total. The topological polar surface area (TPSA) is 93.3 Å². The van der Waals surface area contributed by atoms with Gasteiger partial charge in [0.05, 0.1) is 6.54 Å². The Bertz CT molecular complexity index is 880. The van der Waals surface area contributed by atoms with E-state index in [1.54, 1.807) is 0 Å². The van der Waals surface area contributed by atoms with Crippen LogP contribution in [0, 0.1) is 6.92 Å². The molecule has 0 radical (unpaired) electrons. The van der Waals surface area contributed by atoms with Gasteiger partial charge in [0.25, 0.3) is 0 Å². The Labute approximate surface area is 184 Å². The highest BCUT2D eigenvalue weighted by molar-refractivity contribution is 5.94. The third kappa shape index (κ3) is 6.07. The molecule has 0 spiro atoms. The van der Waals surface area contributed by atoms with Crippen LogP contribution in [-0.4, -0.2) is 58.1 Å². The molecule has 1 amide bonds. The lowest BCUT2D eigenvalue weighted by molar-refractivity contribution is 0.0827. The summed E-state index contributed by atoms with van der Waals surface area (Å²) in [6.07, 6.45) is 4.31. The van der Waals surface area contributed by atoms with Crippen molar-refractivity contribution < 1.29 is 14.3 Å². The van der Waals surface area contributed by atoms with Gasteiger partial charge in [-0.3, -0.25) is 14.8 Å². The highest BCUT2D eigenvalue weighted by Gasteiger charge is 2.34. The molecule has 3 rings (SSSR count). The van der Waals surface area contributed by atoms with Crippen molar-refractivity contribution in [3.63, 3.8) is 0 Å². The number of carbonyl (C=O) groups excluding carboxylic acids is 1. The van der Waals surface area contributed by atoms with E-state index in [0.717, 1.165) is 42.9 Å². The van der Waals surface area contributed by atoms with Crippen LogP contribution in [0.2, 0.25) is 0 Å². The van der Waals surface area contributed by atoms with Crippen LogP contribution in [0.15, 0.2) is 41.7 Å². The van der Waals surface area contributed by atoms with E-state index in [9.17, 15) is 4.79 Å². The number of carbonyl (C=O) groups is 1. The lowest BCUT2D eigenvalue weighted by Crippen LogP contribution is -2.50. The van der Waals surface area contributed by atoms with E-state index >= 15 is 0 Å². The van der Waals surface area contributed by atoms with E-state index in [0.29, 0.717) is 24.7 Å². The van der Waals surface area contributed by atoms with Gasteiger partial charge < -0.3 is 15.2 Å².